The maximum Gasteiger partial charge on any atom is 0.248 e. The van der Waals surface area contributed by atoms with Crippen LogP contribution in [0.15, 0.2) is 42.5 Å². The largest absolute Gasteiger partial charge is 0.324 e. The third-order valence-electron chi connectivity index (χ3n) is 4.10. The molecule has 0 aliphatic rings. The number of aromatic nitrogens is 4. The molecule has 0 bridgehead atoms. The summed E-state index contributed by atoms with van der Waals surface area (Å²) in [6.45, 7) is 4.06. The topological polar surface area (TPSA) is 72.7 Å². The van der Waals surface area contributed by atoms with Crippen LogP contribution >= 0.6 is 0 Å². The Bertz CT molecular complexity index is 882. The lowest BCUT2D eigenvalue weighted by Crippen LogP contribution is -2.22. The van der Waals surface area contributed by atoms with Crippen molar-refractivity contribution in [2.75, 3.05) is 5.32 Å². The van der Waals surface area contributed by atoms with E-state index in [-0.39, 0.29) is 18.3 Å². The average Bonchev–Trinajstić information content (AvgIpc) is 3.10. The van der Waals surface area contributed by atoms with Crippen molar-refractivity contribution < 1.29 is 9.18 Å². The smallest absolute Gasteiger partial charge is 0.248 e. The van der Waals surface area contributed by atoms with Crippen molar-refractivity contribution in [1.82, 2.24) is 20.2 Å². The highest BCUT2D eigenvalue weighted by Gasteiger charge is 2.13. The van der Waals surface area contributed by atoms with Crippen LogP contribution in [0.25, 0.3) is 11.4 Å². The fraction of sp³-hybridized carbons (Fsp3) is 0.263. The van der Waals surface area contributed by atoms with Crippen molar-refractivity contribution in [1.29, 1.82) is 0 Å². The summed E-state index contributed by atoms with van der Waals surface area (Å²) in [7, 11) is 0. The van der Waals surface area contributed by atoms with Crippen molar-refractivity contribution in [2.24, 2.45) is 0 Å². The Morgan fingerprint density at radius 1 is 1.08 bits per heavy atom. The lowest BCUT2D eigenvalue weighted by atomic mass is 10.0. The number of benzene rings is 2. The number of rotatable bonds is 6. The van der Waals surface area contributed by atoms with E-state index in [0.717, 1.165) is 29.7 Å². The number of halogens is 1. The van der Waals surface area contributed by atoms with Crippen LogP contribution < -0.4 is 5.32 Å². The second-order valence-electron chi connectivity index (χ2n) is 5.86. The van der Waals surface area contributed by atoms with Crippen molar-refractivity contribution >= 4 is 11.6 Å². The molecule has 7 heteroatoms. The molecule has 2 aromatic carbocycles. The van der Waals surface area contributed by atoms with Crippen LogP contribution in [-0.4, -0.2) is 26.1 Å². The van der Waals surface area contributed by atoms with Crippen molar-refractivity contribution in [3.8, 4) is 11.4 Å². The number of hydrogen-bond donors (Lipinski definition) is 1. The molecule has 1 heterocycles. The first-order chi connectivity index (χ1) is 12.6. The lowest BCUT2D eigenvalue weighted by molar-refractivity contribution is -0.117. The summed E-state index contributed by atoms with van der Waals surface area (Å²) in [5.74, 6) is -0.202. The normalized spacial score (nSPS) is 10.7. The highest BCUT2D eigenvalue weighted by molar-refractivity contribution is 5.92. The number of amides is 1. The van der Waals surface area contributed by atoms with Crippen LogP contribution in [-0.2, 0) is 24.2 Å². The first-order valence-corrected chi connectivity index (χ1v) is 8.55. The summed E-state index contributed by atoms with van der Waals surface area (Å²) in [4.78, 5) is 13.6. The van der Waals surface area contributed by atoms with E-state index < -0.39 is 0 Å². The maximum atomic E-state index is 13.0. The zero-order valence-corrected chi connectivity index (χ0v) is 14.7. The number of nitrogens with zero attached hydrogens (tertiary/aromatic N) is 4. The molecular formula is C19H20FN5O. The van der Waals surface area contributed by atoms with Crippen molar-refractivity contribution in [2.45, 2.75) is 33.2 Å². The van der Waals surface area contributed by atoms with Gasteiger partial charge in [0.05, 0.1) is 0 Å². The summed E-state index contributed by atoms with van der Waals surface area (Å²) in [6.07, 6.45) is 1.67. The molecule has 0 atom stereocenters. The number of anilines is 1. The summed E-state index contributed by atoms with van der Waals surface area (Å²) in [5, 5.41) is 15.0. The highest BCUT2D eigenvalue weighted by Crippen LogP contribution is 2.22. The molecule has 0 spiro atoms. The van der Waals surface area contributed by atoms with Crippen molar-refractivity contribution in [3.63, 3.8) is 0 Å². The Balaban J connectivity index is 1.73. The molecule has 0 saturated heterocycles. The molecule has 1 N–H and O–H groups in total. The van der Waals surface area contributed by atoms with Gasteiger partial charge in [0.25, 0.3) is 0 Å². The van der Waals surface area contributed by atoms with Gasteiger partial charge in [0, 0.05) is 11.3 Å². The first-order valence-electron chi connectivity index (χ1n) is 8.55. The summed E-state index contributed by atoms with van der Waals surface area (Å²) < 4.78 is 13.0. The first kappa shape index (κ1) is 17.7. The molecule has 26 heavy (non-hydrogen) atoms. The van der Waals surface area contributed by atoms with Gasteiger partial charge < -0.3 is 5.32 Å². The fourth-order valence-corrected chi connectivity index (χ4v) is 2.74. The number of carbonyl (C=O) groups is 1. The molecule has 0 saturated carbocycles. The van der Waals surface area contributed by atoms with E-state index in [4.69, 9.17) is 0 Å². The van der Waals surface area contributed by atoms with E-state index in [1.54, 1.807) is 12.1 Å². The van der Waals surface area contributed by atoms with Crippen LogP contribution in [0.4, 0.5) is 10.1 Å². The van der Waals surface area contributed by atoms with Crippen LogP contribution in [0.2, 0.25) is 0 Å². The Morgan fingerprint density at radius 2 is 1.73 bits per heavy atom. The summed E-state index contributed by atoms with van der Waals surface area (Å²) in [6, 6.07) is 11.8. The van der Waals surface area contributed by atoms with E-state index in [9.17, 15) is 9.18 Å². The Kier molecular flexibility index (Phi) is 5.36. The Morgan fingerprint density at radius 3 is 2.35 bits per heavy atom. The second kappa shape index (κ2) is 7.86. The van der Waals surface area contributed by atoms with E-state index in [0.29, 0.717) is 11.4 Å². The predicted molar refractivity (Wildman–Crippen MR) is 97.0 cm³/mol. The molecule has 0 fully saturated rings. The van der Waals surface area contributed by atoms with E-state index >= 15 is 0 Å². The third-order valence-corrected chi connectivity index (χ3v) is 4.10. The minimum Gasteiger partial charge on any atom is -0.324 e. The number of tetrazole rings is 1. The van der Waals surface area contributed by atoms with Gasteiger partial charge in [-0.25, -0.2) is 4.39 Å². The highest BCUT2D eigenvalue weighted by atomic mass is 19.1. The van der Waals surface area contributed by atoms with Gasteiger partial charge in [-0.15, -0.1) is 10.2 Å². The molecule has 0 radical (unpaired) electrons. The Labute approximate surface area is 151 Å². The molecule has 1 aromatic heterocycles. The summed E-state index contributed by atoms with van der Waals surface area (Å²) >= 11 is 0. The van der Waals surface area contributed by atoms with Crippen LogP contribution in [0.3, 0.4) is 0 Å². The minimum atomic E-state index is -0.332. The van der Waals surface area contributed by atoms with Gasteiger partial charge in [0.1, 0.15) is 12.4 Å². The number of hydrogen-bond acceptors (Lipinski definition) is 4. The fourth-order valence-electron chi connectivity index (χ4n) is 2.74. The zero-order valence-electron chi connectivity index (χ0n) is 14.7. The van der Waals surface area contributed by atoms with Gasteiger partial charge in [0.15, 0.2) is 0 Å². The molecule has 3 aromatic rings. The lowest BCUT2D eigenvalue weighted by Gasteiger charge is -2.14. The molecular weight excluding hydrogens is 333 g/mol. The van der Waals surface area contributed by atoms with Crippen LogP contribution in [0.1, 0.15) is 25.0 Å². The molecule has 6 nitrogen and oxygen atoms in total. The van der Waals surface area contributed by atoms with Gasteiger partial charge in [-0.2, -0.15) is 4.80 Å². The van der Waals surface area contributed by atoms with Crippen LogP contribution in [0, 0.1) is 5.82 Å². The number of carbonyl (C=O) groups excluding carboxylic acids is 1. The predicted octanol–water partition coefficient (Wildman–Crippen LogP) is 3.24. The van der Waals surface area contributed by atoms with Gasteiger partial charge in [-0.05, 0) is 53.4 Å². The number of nitrogens with one attached hydrogen (secondary N) is 1. The SMILES string of the molecule is CCc1cccc(CC)c1NC(=O)Cn1nnc(-c2ccc(F)cc2)n1. The third kappa shape index (κ3) is 3.93. The minimum absolute atomic E-state index is 0.0462. The van der Waals surface area contributed by atoms with Gasteiger partial charge in [-0.3, -0.25) is 4.79 Å². The zero-order chi connectivity index (χ0) is 18.5. The van der Waals surface area contributed by atoms with E-state index in [1.807, 2.05) is 18.2 Å². The van der Waals surface area contributed by atoms with Gasteiger partial charge in [0.2, 0.25) is 11.7 Å². The standard InChI is InChI=1S/C19H20FN5O/c1-3-13-6-5-7-14(4-2)18(13)21-17(26)12-25-23-19(22-24-25)15-8-10-16(20)11-9-15/h5-11H,3-4,12H2,1-2H3,(H,21,26). The average molecular weight is 353 g/mol. The molecule has 134 valence electrons. The quantitative estimate of drug-likeness (QED) is 0.738. The molecule has 3 rings (SSSR count). The van der Waals surface area contributed by atoms with Gasteiger partial charge in [-0.1, -0.05) is 32.0 Å². The number of para-hydroxylation sites is 1. The molecule has 1 amide bonds. The molecule has 0 aliphatic heterocycles. The monoisotopic (exact) mass is 353 g/mol. The van der Waals surface area contributed by atoms with E-state index in [1.165, 1.54) is 16.9 Å². The van der Waals surface area contributed by atoms with Crippen LogP contribution in [0.5, 0.6) is 0 Å². The maximum absolute atomic E-state index is 13.0. The van der Waals surface area contributed by atoms with Crippen molar-refractivity contribution in [3.05, 3.63) is 59.4 Å². The van der Waals surface area contributed by atoms with Gasteiger partial charge >= 0.3 is 0 Å². The molecule has 0 aliphatic carbocycles. The Hall–Kier alpha value is -3.09. The molecule has 0 unspecified atom stereocenters. The second-order valence-corrected chi connectivity index (χ2v) is 5.86. The summed E-state index contributed by atoms with van der Waals surface area (Å²) in [5.41, 5.74) is 3.69. The van der Waals surface area contributed by atoms with E-state index in [2.05, 4.69) is 34.6 Å². The number of aryl methyl sites for hydroxylation is 2.